The van der Waals surface area contributed by atoms with Crippen molar-refractivity contribution < 1.29 is 26.4 Å². The van der Waals surface area contributed by atoms with Crippen LogP contribution in [-0.2, 0) is 21.0 Å². The van der Waals surface area contributed by atoms with Crippen molar-refractivity contribution >= 4 is 38.9 Å². The highest BCUT2D eigenvalue weighted by atomic mass is 35.5. The van der Waals surface area contributed by atoms with E-state index in [9.17, 15) is 26.4 Å². The minimum atomic E-state index is -4.71. The molecule has 0 atom stereocenters. The number of benzene rings is 2. The molecule has 0 spiro atoms. The first-order valence-electron chi connectivity index (χ1n) is 7.59. The van der Waals surface area contributed by atoms with Gasteiger partial charge in [-0.3, -0.25) is 4.79 Å². The van der Waals surface area contributed by atoms with E-state index >= 15 is 0 Å². The number of nitriles is 1. The van der Waals surface area contributed by atoms with Gasteiger partial charge in [0, 0.05) is 16.9 Å². The highest BCUT2D eigenvalue weighted by molar-refractivity contribution is 7.89. The molecule has 0 saturated heterocycles. The van der Waals surface area contributed by atoms with Crippen molar-refractivity contribution in [3.8, 4) is 6.07 Å². The summed E-state index contributed by atoms with van der Waals surface area (Å²) in [6.45, 7) is 0. The van der Waals surface area contributed by atoms with E-state index in [1.807, 2.05) is 0 Å². The Morgan fingerprint density at radius 3 is 2.31 bits per heavy atom. The third-order valence-electron chi connectivity index (χ3n) is 3.46. The zero-order chi connectivity index (χ0) is 21.8. The Balaban J connectivity index is 2.21. The van der Waals surface area contributed by atoms with Gasteiger partial charge in [-0.15, -0.1) is 0 Å². The Morgan fingerprint density at radius 2 is 1.79 bits per heavy atom. The molecule has 12 heteroatoms. The number of carbonyl (C=O) groups excluding carboxylic acids is 1. The number of hydrogen-bond donors (Lipinski definition) is 3. The Bertz CT molecular complexity index is 1110. The molecular weight excluding hydrogens is 433 g/mol. The molecule has 0 heterocycles. The van der Waals surface area contributed by atoms with Crippen LogP contribution in [0.4, 0.5) is 24.5 Å². The van der Waals surface area contributed by atoms with Crippen molar-refractivity contribution in [3.63, 3.8) is 0 Å². The SMILES string of the molecule is N#C/C(=C/Nc1ccc(Cl)cc1C(F)(F)F)C(=O)Nc1ccc(S(N)(=O)=O)cc1. The number of hydrogen-bond acceptors (Lipinski definition) is 5. The molecule has 0 fully saturated rings. The molecule has 0 aliphatic heterocycles. The average Bonchev–Trinajstić information content (AvgIpc) is 2.62. The van der Waals surface area contributed by atoms with E-state index in [0.29, 0.717) is 6.07 Å². The molecule has 152 valence electrons. The van der Waals surface area contributed by atoms with Gasteiger partial charge in [-0.05, 0) is 42.5 Å². The van der Waals surface area contributed by atoms with Crippen LogP contribution in [0, 0.1) is 11.3 Å². The number of alkyl halides is 3. The Hall–Kier alpha value is -3.07. The lowest BCUT2D eigenvalue weighted by Gasteiger charge is -2.13. The van der Waals surface area contributed by atoms with Gasteiger partial charge in [0.15, 0.2) is 0 Å². The number of nitrogens with one attached hydrogen (secondary N) is 2. The number of rotatable bonds is 5. The lowest BCUT2D eigenvalue weighted by Crippen LogP contribution is -2.16. The van der Waals surface area contributed by atoms with Crippen LogP contribution in [0.15, 0.2) is 59.1 Å². The Morgan fingerprint density at radius 1 is 1.17 bits per heavy atom. The fourth-order valence-corrected chi connectivity index (χ4v) is 2.79. The summed E-state index contributed by atoms with van der Waals surface area (Å²) in [7, 11) is -3.92. The van der Waals surface area contributed by atoms with Crippen molar-refractivity contribution in [2.45, 2.75) is 11.1 Å². The highest BCUT2D eigenvalue weighted by Gasteiger charge is 2.33. The summed E-state index contributed by atoms with van der Waals surface area (Å²) in [5, 5.41) is 18.5. The maximum Gasteiger partial charge on any atom is 0.418 e. The smallest absolute Gasteiger partial charge is 0.360 e. The molecule has 2 aromatic carbocycles. The molecule has 1 amide bonds. The van der Waals surface area contributed by atoms with Crippen molar-refractivity contribution in [1.82, 2.24) is 0 Å². The standard InChI is InChI=1S/C17H12ClF3N4O3S/c18-11-1-6-15(14(7-11)17(19,20)21)24-9-10(8-22)16(26)25-12-2-4-13(5-3-12)29(23,27)28/h1-7,9,24H,(H,25,26)(H2,23,27,28)/b10-9-. The fraction of sp³-hybridized carbons (Fsp3) is 0.0588. The number of amides is 1. The van der Waals surface area contributed by atoms with Gasteiger partial charge in [-0.25, -0.2) is 13.6 Å². The molecule has 0 unspecified atom stereocenters. The topological polar surface area (TPSA) is 125 Å². The van der Waals surface area contributed by atoms with Gasteiger partial charge < -0.3 is 10.6 Å². The highest BCUT2D eigenvalue weighted by Crippen LogP contribution is 2.36. The van der Waals surface area contributed by atoms with Crippen molar-refractivity contribution in [2.75, 3.05) is 10.6 Å². The molecule has 0 aromatic heterocycles. The molecule has 29 heavy (non-hydrogen) atoms. The molecule has 0 bridgehead atoms. The number of halogens is 4. The van der Waals surface area contributed by atoms with Gasteiger partial charge in [0.2, 0.25) is 10.0 Å². The monoisotopic (exact) mass is 444 g/mol. The van der Waals surface area contributed by atoms with Crippen LogP contribution >= 0.6 is 11.6 Å². The normalized spacial score (nSPS) is 12.2. The molecule has 0 aliphatic rings. The molecule has 0 radical (unpaired) electrons. The first-order chi connectivity index (χ1) is 13.4. The van der Waals surface area contributed by atoms with E-state index in [2.05, 4.69) is 10.6 Å². The van der Waals surface area contributed by atoms with Gasteiger partial charge in [0.1, 0.15) is 11.6 Å². The minimum absolute atomic E-state index is 0.131. The van der Waals surface area contributed by atoms with Crippen molar-refractivity contribution in [3.05, 3.63) is 64.8 Å². The largest absolute Gasteiger partial charge is 0.418 e. The second-order valence-electron chi connectivity index (χ2n) is 5.53. The summed E-state index contributed by atoms with van der Waals surface area (Å²) in [5.74, 6) is -0.925. The predicted octanol–water partition coefficient (Wildman–Crippen LogP) is 3.46. The lowest BCUT2D eigenvalue weighted by molar-refractivity contribution is -0.136. The average molecular weight is 445 g/mol. The Labute approximate surface area is 168 Å². The predicted molar refractivity (Wildman–Crippen MR) is 100 cm³/mol. The van der Waals surface area contributed by atoms with Crippen LogP contribution in [-0.4, -0.2) is 14.3 Å². The van der Waals surface area contributed by atoms with E-state index in [1.54, 1.807) is 6.07 Å². The fourth-order valence-electron chi connectivity index (χ4n) is 2.10. The van der Waals surface area contributed by atoms with Crippen LogP contribution < -0.4 is 15.8 Å². The minimum Gasteiger partial charge on any atom is -0.360 e. The van der Waals surface area contributed by atoms with Gasteiger partial charge in [-0.1, -0.05) is 11.6 Å². The first kappa shape index (κ1) is 22.2. The summed E-state index contributed by atoms with van der Waals surface area (Å²) < 4.78 is 61.6. The van der Waals surface area contributed by atoms with Crippen molar-refractivity contribution in [2.24, 2.45) is 5.14 Å². The summed E-state index contributed by atoms with van der Waals surface area (Å²) in [6.07, 6.45) is -3.90. The molecule has 0 aliphatic carbocycles. The van der Waals surface area contributed by atoms with Gasteiger partial charge in [-0.2, -0.15) is 18.4 Å². The number of nitrogens with zero attached hydrogens (tertiary/aromatic N) is 1. The number of sulfonamides is 1. The molecular formula is C17H12ClF3N4O3S. The van der Waals surface area contributed by atoms with E-state index < -0.39 is 38.9 Å². The van der Waals surface area contributed by atoms with Crippen LogP contribution in [0.5, 0.6) is 0 Å². The number of primary sulfonamides is 1. The van der Waals surface area contributed by atoms with Crippen molar-refractivity contribution in [1.29, 1.82) is 5.26 Å². The quantitative estimate of drug-likeness (QED) is 0.481. The van der Waals surface area contributed by atoms with Gasteiger partial charge >= 0.3 is 6.18 Å². The van der Waals surface area contributed by atoms with E-state index in [1.165, 1.54) is 18.2 Å². The van der Waals surface area contributed by atoms with E-state index in [-0.39, 0.29) is 15.6 Å². The summed E-state index contributed by atoms with van der Waals surface area (Å²) >= 11 is 5.59. The number of nitrogens with two attached hydrogens (primary N) is 1. The Kier molecular flexibility index (Phi) is 6.53. The second-order valence-corrected chi connectivity index (χ2v) is 7.52. The maximum absolute atomic E-state index is 13.1. The number of anilines is 2. The van der Waals surface area contributed by atoms with E-state index in [4.69, 9.17) is 22.0 Å². The van der Waals surface area contributed by atoms with E-state index in [0.717, 1.165) is 24.4 Å². The molecule has 0 saturated carbocycles. The molecule has 7 nitrogen and oxygen atoms in total. The third-order valence-corrected chi connectivity index (χ3v) is 4.63. The zero-order valence-corrected chi connectivity index (χ0v) is 15.9. The number of carbonyl (C=O) groups is 1. The second kappa shape index (κ2) is 8.52. The van der Waals surface area contributed by atoms with Crippen LogP contribution in [0.1, 0.15) is 5.56 Å². The lowest BCUT2D eigenvalue weighted by atomic mass is 10.1. The summed E-state index contributed by atoms with van der Waals surface area (Å²) in [5.41, 5.74) is -1.85. The molecule has 4 N–H and O–H groups in total. The summed E-state index contributed by atoms with van der Waals surface area (Å²) in [4.78, 5) is 12.0. The third kappa shape index (κ3) is 5.95. The van der Waals surface area contributed by atoms with Gasteiger partial charge in [0.05, 0.1) is 16.1 Å². The summed E-state index contributed by atoms with van der Waals surface area (Å²) in [6, 6.07) is 9.29. The van der Waals surface area contributed by atoms with Crippen LogP contribution in [0.25, 0.3) is 0 Å². The first-order valence-corrected chi connectivity index (χ1v) is 9.52. The zero-order valence-electron chi connectivity index (χ0n) is 14.3. The molecule has 2 rings (SSSR count). The molecule has 2 aromatic rings. The van der Waals surface area contributed by atoms with Crippen LogP contribution in [0.3, 0.4) is 0 Å². The van der Waals surface area contributed by atoms with Crippen LogP contribution in [0.2, 0.25) is 5.02 Å². The maximum atomic E-state index is 13.1. The van der Waals surface area contributed by atoms with Gasteiger partial charge in [0.25, 0.3) is 5.91 Å².